The molecule has 0 bridgehead atoms. The number of aromatic nitrogens is 1. The van der Waals surface area contributed by atoms with Gasteiger partial charge in [0.15, 0.2) is 5.42 Å². The molecule has 0 aromatic carbocycles. The zero-order valence-corrected chi connectivity index (χ0v) is 6.79. The summed E-state index contributed by atoms with van der Waals surface area (Å²) >= 11 is 0. The van der Waals surface area contributed by atoms with E-state index in [2.05, 4.69) is 11.7 Å². The molecular formula is C9H11NO. The lowest BCUT2D eigenvalue weighted by atomic mass is 10.3. The van der Waals surface area contributed by atoms with Crippen molar-refractivity contribution in [3.63, 3.8) is 0 Å². The standard InChI is InChI=1S/C9H11NO/c1-4-5-6-9-7(2)10-11-8(9)3/h4-6H,3H2,1-2H3/b5-4-,9-6-. The summed E-state index contributed by atoms with van der Waals surface area (Å²) < 4.78 is 4.87. The minimum absolute atomic E-state index is 0.626. The maximum atomic E-state index is 4.87. The highest BCUT2D eigenvalue weighted by molar-refractivity contribution is 5.37. The molecule has 11 heavy (non-hydrogen) atoms. The highest BCUT2D eigenvalue weighted by atomic mass is 16.5. The van der Waals surface area contributed by atoms with Crippen LogP contribution in [0.5, 0.6) is 0 Å². The molecule has 0 N–H and O–H groups in total. The van der Waals surface area contributed by atoms with Crippen LogP contribution in [0.3, 0.4) is 0 Å². The van der Waals surface area contributed by atoms with Crippen LogP contribution in [0.2, 0.25) is 0 Å². The molecule has 0 saturated carbocycles. The van der Waals surface area contributed by atoms with Gasteiger partial charge < -0.3 is 4.52 Å². The van der Waals surface area contributed by atoms with Crippen LogP contribution >= 0.6 is 0 Å². The average molecular weight is 149 g/mol. The smallest absolute Gasteiger partial charge is 0.159 e. The van der Waals surface area contributed by atoms with Gasteiger partial charge in [0, 0.05) is 5.22 Å². The Balaban J connectivity index is 3.31. The Morgan fingerprint density at radius 3 is 2.73 bits per heavy atom. The molecule has 0 fully saturated rings. The van der Waals surface area contributed by atoms with Crippen LogP contribution in [0, 0.1) is 6.92 Å². The van der Waals surface area contributed by atoms with Crippen LogP contribution < -0.4 is 10.6 Å². The summed E-state index contributed by atoms with van der Waals surface area (Å²) in [5.74, 6) is 0. The van der Waals surface area contributed by atoms with E-state index in [4.69, 9.17) is 4.52 Å². The molecule has 0 spiro atoms. The summed E-state index contributed by atoms with van der Waals surface area (Å²) in [7, 11) is 0. The van der Waals surface area contributed by atoms with Crippen LogP contribution in [0.4, 0.5) is 0 Å². The van der Waals surface area contributed by atoms with Gasteiger partial charge in [0.25, 0.3) is 0 Å². The van der Waals surface area contributed by atoms with Crippen molar-refractivity contribution in [1.82, 2.24) is 5.16 Å². The van der Waals surface area contributed by atoms with Gasteiger partial charge in [-0.25, -0.2) is 0 Å². The van der Waals surface area contributed by atoms with Crippen LogP contribution in [0.1, 0.15) is 12.6 Å². The summed E-state index contributed by atoms with van der Waals surface area (Å²) in [5, 5.41) is 4.74. The Labute approximate surface area is 65.5 Å². The predicted molar refractivity (Wildman–Crippen MR) is 45.3 cm³/mol. The van der Waals surface area contributed by atoms with Crippen molar-refractivity contribution in [2.45, 2.75) is 13.8 Å². The van der Waals surface area contributed by atoms with Gasteiger partial charge in [-0.3, -0.25) is 0 Å². The normalized spacial score (nSPS) is 13.1. The Kier molecular flexibility index (Phi) is 2.26. The van der Waals surface area contributed by atoms with Crippen molar-refractivity contribution in [2.75, 3.05) is 0 Å². The second-order valence-electron chi connectivity index (χ2n) is 2.30. The number of hydrogen-bond donors (Lipinski definition) is 0. The number of hydrogen-bond acceptors (Lipinski definition) is 2. The largest absolute Gasteiger partial charge is 0.357 e. The van der Waals surface area contributed by atoms with E-state index in [1.54, 1.807) is 0 Å². The maximum Gasteiger partial charge on any atom is 0.159 e. The van der Waals surface area contributed by atoms with Crippen molar-refractivity contribution in [2.24, 2.45) is 0 Å². The van der Waals surface area contributed by atoms with E-state index in [0.29, 0.717) is 5.42 Å². The molecule has 0 aliphatic rings. The van der Waals surface area contributed by atoms with E-state index in [1.807, 2.05) is 32.1 Å². The monoisotopic (exact) mass is 149 g/mol. The number of rotatable bonds is 1. The van der Waals surface area contributed by atoms with Crippen LogP contribution in [0.15, 0.2) is 16.7 Å². The Morgan fingerprint density at radius 1 is 1.55 bits per heavy atom. The maximum absolute atomic E-state index is 4.87. The molecule has 0 atom stereocenters. The van der Waals surface area contributed by atoms with Gasteiger partial charge in [0.1, 0.15) is 0 Å². The van der Waals surface area contributed by atoms with Crippen LogP contribution in [0.25, 0.3) is 12.7 Å². The van der Waals surface area contributed by atoms with Gasteiger partial charge >= 0.3 is 0 Å². The molecule has 0 saturated heterocycles. The van der Waals surface area contributed by atoms with Crippen molar-refractivity contribution < 1.29 is 4.52 Å². The van der Waals surface area contributed by atoms with Crippen LogP contribution in [-0.4, -0.2) is 5.16 Å². The number of nitrogens with zero attached hydrogens (tertiary/aromatic N) is 1. The summed E-state index contributed by atoms with van der Waals surface area (Å²) in [6, 6.07) is 0. The van der Waals surface area contributed by atoms with Gasteiger partial charge in [0.2, 0.25) is 0 Å². The first-order chi connectivity index (χ1) is 5.25. The van der Waals surface area contributed by atoms with Crippen molar-refractivity contribution in [1.29, 1.82) is 0 Å². The number of allylic oxidation sites excluding steroid dienone is 2. The molecule has 0 amide bonds. The van der Waals surface area contributed by atoms with E-state index in [-0.39, 0.29) is 0 Å². The SMILES string of the molecule is C=c1onc(C)/c1=C/C=C\C. The van der Waals surface area contributed by atoms with Crippen molar-refractivity contribution in [3.8, 4) is 0 Å². The second kappa shape index (κ2) is 3.19. The summed E-state index contributed by atoms with van der Waals surface area (Å²) in [6.07, 6.45) is 5.83. The molecule has 58 valence electrons. The molecular weight excluding hydrogens is 138 g/mol. The van der Waals surface area contributed by atoms with Gasteiger partial charge in [-0.2, -0.15) is 0 Å². The Hall–Kier alpha value is -1.31. The van der Waals surface area contributed by atoms with Crippen molar-refractivity contribution >= 4 is 12.7 Å². The molecule has 2 nitrogen and oxygen atoms in total. The van der Waals surface area contributed by atoms with E-state index in [1.165, 1.54) is 0 Å². The van der Waals surface area contributed by atoms with Crippen LogP contribution in [-0.2, 0) is 0 Å². The topological polar surface area (TPSA) is 26.0 Å². The van der Waals surface area contributed by atoms with Gasteiger partial charge in [-0.15, -0.1) is 0 Å². The first-order valence-corrected chi connectivity index (χ1v) is 3.50. The molecule has 0 radical (unpaired) electrons. The zero-order valence-electron chi connectivity index (χ0n) is 6.79. The van der Waals surface area contributed by atoms with Crippen molar-refractivity contribution in [3.05, 3.63) is 28.5 Å². The predicted octanol–water partition coefficient (Wildman–Crippen LogP) is 0.750. The van der Waals surface area contributed by atoms with Gasteiger partial charge in [-0.05, 0) is 19.9 Å². The third kappa shape index (κ3) is 1.58. The Bertz CT molecular complexity index is 359. The fourth-order valence-corrected chi connectivity index (χ4v) is 0.830. The Morgan fingerprint density at radius 2 is 2.27 bits per heavy atom. The average Bonchev–Trinajstić information content (AvgIpc) is 2.29. The minimum Gasteiger partial charge on any atom is -0.357 e. The molecule has 0 aliphatic heterocycles. The summed E-state index contributed by atoms with van der Waals surface area (Å²) in [6.45, 7) is 7.56. The van der Waals surface area contributed by atoms with E-state index in [9.17, 15) is 0 Å². The van der Waals surface area contributed by atoms with E-state index in [0.717, 1.165) is 10.9 Å². The molecule has 2 heteroatoms. The third-order valence-electron chi connectivity index (χ3n) is 1.44. The van der Waals surface area contributed by atoms with E-state index < -0.39 is 0 Å². The summed E-state index contributed by atoms with van der Waals surface area (Å²) in [4.78, 5) is 0. The molecule has 0 unspecified atom stereocenters. The first kappa shape index (κ1) is 7.79. The lowest BCUT2D eigenvalue weighted by molar-refractivity contribution is 0.391. The highest BCUT2D eigenvalue weighted by Gasteiger charge is 1.92. The summed E-state index contributed by atoms with van der Waals surface area (Å²) in [5.41, 5.74) is 1.51. The zero-order chi connectivity index (χ0) is 8.27. The molecule has 1 aromatic heterocycles. The molecule has 0 aliphatic carbocycles. The fraction of sp³-hybridized carbons (Fsp3) is 0.222. The first-order valence-electron chi connectivity index (χ1n) is 3.50. The number of aryl methyl sites for hydroxylation is 1. The lowest BCUT2D eigenvalue weighted by Crippen LogP contribution is -2.19. The lowest BCUT2D eigenvalue weighted by Gasteiger charge is -1.74. The third-order valence-corrected chi connectivity index (χ3v) is 1.44. The van der Waals surface area contributed by atoms with Gasteiger partial charge in [0.05, 0.1) is 5.69 Å². The molecule has 1 aromatic rings. The second-order valence-corrected chi connectivity index (χ2v) is 2.30. The minimum atomic E-state index is 0.626. The molecule has 1 heterocycles. The van der Waals surface area contributed by atoms with E-state index >= 15 is 0 Å². The highest BCUT2D eigenvalue weighted by Crippen LogP contribution is 1.77. The van der Waals surface area contributed by atoms with Gasteiger partial charge in [-0.1, -0.05) is 23.9 Å². The molecule has 1 rings (SSSR count). The quantitative estimate of drug-likeness (QED) is 0.589. The fourth-order valence-electron chi connectivity index (χ4n) is 0.830.